The van der Waals surface area contributed by atoms with Crippen LogP contribution in [0.4, 0.5) is 0 Å². The van der Waals surface area contributed by atoms with Crippen molar-refractivity contribution in [2.24, 2.45) is 5.92 Å². The van der Waals surface area contributed by atoms with Gasteiger partial charge < -0.3 is 14.6 Å². The Morgan fingerprint density at radius 2 is 1.45 bits per heavy atom. The highest BCUT2D eigenvalue weighted by molar-refractivity contribution is 5.72. The van der Waals surface area contributed by atoms with Gasteiger partial charge in [0, 0.05) is 0 Å². The second-order valence-electron chi connectivity index (χ2n) is 9.28. The van der Waals surface area contributed by atoms with Crippen molar-refractivity contribution in [1.29, 1.82) is 0 Å². The van der Waals surface area contributed by atoms with E-state index in [1.54, 1.807) is 0 Å². The standard InChI is InChI=1S/C29H40O4/c1-3-5-6-7-8-9-22-33-28(30)25-18-20-29(31,21-19-25)26-14-10-23(11-15-26)24-12-16-27(17-13-24)32-4-2/h10-17,25,31H,3-9,18-22H2,1-2H3. The number of rotatable bonds is 12. The average molecular weight is 453 g/mol. The van der Waals surface area contributed by atoms with Crippen molar-refractivity contribution in [3.63, 3.8) is 0 Å². The normalized spacial score (nSPS) is 20.4. The van der Waals surface area contributed by atoms with Crippen LogP contribution in [0.2, 0.25) is 0 Å². The summed E-state index contributed by atoms with van der Waals surface area (Å²) in [5.41, 5.74) is 2.29. The van der Waals surface area contributed by atoms with E-state index in [2.05, 4.69) is 31.2 Å². The van der Waals surface area contributed by atoms with Crippen molar-refractivity contribution in [1.82, 2.24) is 0 Å². The van der Waals surface area contributed by atoms with Crippen molar-refractivity contribution >= 4 is 5.97 Å². The first-order chi connectivity index (χ1) is 16.1. The van der Waals surface area contributed by atoms with Gasteiger partial charge in [-0.25, -0.2) is 0 Å². The Labute approximate surface area is 199 Å². The van der Waals surface area contributed by atoms with Gasteiger partial charge in [0.2, 0.25) is 0 Å². The molecule has 1 aliphatic carbocycles. The summed E-state index contributed by atoms with van der Waals surface area (Å²) in [6, 6.07) is 16.2. The fourth-order valence-corrected chi connectivity index (χ4v) is 4.68. The summed E-state index contributed by atoms with van der Waals surface area (Å²) in [5.74, 6) is 0.694. The van der Waals surface area contributed by atoms with Crippen molar-refractivity contribution < 1.29 is 19.4 Å². The Kier molecular flexibility index (Phi) is 9.80. The third-order valence-electron chi connectivity index (χ3n) is 6.81. The molecule has 0 atom stereocenters. The van der Waals surface area contributed by atoms with Gasteiger partial charge in [0.05, 0.1) is 24.7 Å². The van der Waals surface area contributed by atoms with Crippen molar-refractivity contribution in [2.75, 3.05) is 13.2 Å². The number of ether oxygens (including phenoxy) is 2. The number of carbonyl (C=O) groups is 1. The fourth-order valence-electron chi connectivity index (χ4n) is 4.68. The number of esters is 1. The zero-order valence-corrected chi connectivity index (χ0v) is 20.4. The predicted octanol–water partition coefficient (Wildman–Crippen LogP) is 7.03. The summed E-state index contributed by atoms with van der Waals surface area (Å²) < 4.78 is 11.0. The molecule has 1 aliphatic rings. The van der Waals surface area contributed by atoms with E-state index in [0.29, 0.717) is 38.9 Å². The topological polar surface area (TPSA) is 55.8 Å². The van der Waals surface area contributed by atoms with E-state index < -0.39 is 5.60 Å². The Balaban J connectivity index is 1.46. The molecule has 4 heteroatoms. The van der Waals surface area contributed by atoms with Crippen LogP contribution in [0.5, 0.6) is 5.75 Å². The Bertz CT molecular complexity index is 833. The quantitative estimate of drug-likeness (QED) is 0.277. The molecule has 180 valence electrons. The predicted molar refractivity (Wildman–Crippen MR) is 133 cm³/mol. The lowest BCUT2D eigenvalue weighted by atomic mass is 9.75. The minimum atomic E-state index is -0.868. The highest BCUT2D eigenvalue weighted by atomic mass is 16.5. The summed E-state index contributed by atoms with van der Waals surface area (Å²) in [4.78, 5) is 12.4. The van der Waals surface area contributed by atoms with Gasteiger partial charge in [-0.3, -0.25) is 4.79 Å². The molecule has 0 bridgehead atoms. The highest BCUT2D eigenvalue weighted by Crippen LogP contribution is 2.40. The average Bonchev–Trinajstić information content (AvgIpc) is 2.84. The zero-order valence-electron chi connectivity index (χ0n) is 20.4. The van der Waals surface area contributed by atoms with Gasteiger partial charge >= 0.3 is 5.97 Å². The van der Waals surface area contributed by atoms with Crippen molar-refractivity contribution in [2.45, 2.75) is 83.7 Å². The molecule has 0 aliphatic heterocycles. The van der Waals surface area contributed by atoms with Crippen LogP contribution >= 0.6 is 0 Å². The van der Waals surface area contributed by atoms with Gasteiger partial charge in [-0.2, -0.15) is 0 Å². The summed E-state index contributed by atoms with van der Waals surface area (Å²) in [5, 5.41) is 11.2. The van der Waals surface area contributed by atoms with E-state index in [0.717, 1.165) is 35.3 Å². The van der Waals surface area contributed by atoms with Gasteiger partial charge in [-0.1, -0.05) is 75.4 Å². The number of aliphatic hydroxyl groups is 1. The molecule has 0 saturated heterocycles. The first-order valence-electron chi connectivity index (χ1n) is 12.8. The second kappa shape index (κ2) is 12.8. The Morgan fingerprint density at radius 1 is 0.879 bits per heavy atom. The number of hydrogen-bond acceptors (Lipinski definition) is 4. The zero-order chi connectivity index (χ0) is 23.5. The molecule has 0 radical (unpaired) electrons. The number of benzene rings is 2. The summed E-state index contributed by atoms with van der Waals surface area (Å²) in [7, 11) is 0. The minimum absolute atomic E-state index is 0.0866. The van der Waals surface area contributed by atoms with Gasteiger partial charge in [-0.05, 0) is 67.9 Å². The van der Waals surface area contributed by atoms with Crippen LogP contribution in [0.25, 0.3) is 11.1 Å². The molecule has 1 saturated carbocycles. The van der Waals surface area contributed by atoms with E-state index in [9.17, 15) is 9.90 Å². The van der Waals surface area contributed by atoms with Gasteiger partial charge in [0.1, 0.15) is 5.75 Å². The first kappa shape index (κ1) is 25.3. The molecule has 2 aromatic rings. The Hall–Kier alpha value is -2.33. The SMILES string of the molecule is CCCCCCCCOC(=O)C1CCC(O)(c2ccc(-c3ccc(OCC)cc3)cc2)CC1. The largest absolute Gasteiger partial charge is 0.494 e. The van der Waals surface area contributed by atoms with Crippen LogP contribution in [0.15, 0.2) is 48.5 Å². The van der Waals surface area contributed by atoms with Crippen LogP contribution in [-0.4, -0.2) is 24.3 Å². The molecule has 33 heavy (non-hydrogen) atoms. The molecule has 2 aromatic carbocycles. The van der Waals surface area contributed by atoms with Gasteiger partial charge in [-0.15, -0.1) is 0 Å². The molecule has 1 N–H and O–H groups in total. The molecule has 3 rings (SSSR count). The van der Waals surface area contributed by atoms with E-state index in [-0.39, 0.29) is 11.9 Å². The molecule has 0 aromatic heterocycles. The van der Waals surface area contributed by atoms with E-state index in [1.807, 2.05) is 31.2 Å². The van der Waals surface area contributed by atoms with Crippen LogP contribution in [0.1, 0.15) is 83.6 Å². The van der Waals surface area contributed by atoms with Gasteiger partial charge in [0.25, 0.3) is 0 Å². The first-order valence-corrected chi connectivity index (χ1v) is 12.8. The van der Waals surface area contributed by atoms with E-state index >= 15 is 0 Å². The number of unbranched alkanes of at least 4 members (excludes halogenated alkanes) is 5. The van der Waals surface area contributed by atoms with Crippen LogP contribution in [-0.2, 0) is 15.1 Å². The molecule has 4 nitrogen and oxygen atoms in total. The maximum atomic E-state index is 12.4. The smallest absolute Gasteiger partial charge is 0.308 e. The molecular weight excluding hydrogens is 412 g/mol. The third kappa shape index (κ3) is 7.33. The van der Waals surface area contributed by atoms with Crippen LogP contribution in [0.3, 0.4) is 0 Å². The number of carbonyl (C=O) groups excluding carboxylic acids is 1. The van der Waals surface area contributed by atoms with E-state index in [4.69, 9.17) is 9.47 Å². The van der Waals surface area contributed by atoms with Crippen LogP contribution < -0.4 is 4.74 Å². The lowest BCUT2D eigenvalue weighted by Gasteiger charge is -2.35. The molecule has 0 unspecified atom stereocenters. The highest BCUT2D eigenvalue weighted by Gasteiger charge is 2.37. The molecule has 0 spiro atoms. The third-order valence-corrected chi connectivity index (χ3v) is 6.81. The maximum absolute atomic E-state index is 12.4. The lowest BCUT2D eigenvalue weighted by molar-refractivity contribution is -0.152. The monoisotopic (exact) mass is 452 g/mol. The molecular formula is C29H40O4. The molecule has 0 heterocycles. The minimum Gasteiger partial charge on any atom is -0.494 e. The molecule has 0 amide bonds. The van der Waals surface area contributed by atoms with Gasteiger partial charge in [0.15, 0.2) is 0 Å². The Morgan fingerprint density at radius 3 is 2.06 bits per heavy atom. The summed E-state index contributed by atoms with van der Waals surface area (Å²) in [6.07, 6.45) is 9.63. The second-order valence-corrected chi connectivity index (χ2v) is 9.28. The van der Waals surface area contributed by atoms with Crippen LogP contribution in [0, 0.1) is 5.92 Å². The van der Waals surface area contributed by atoms with Crippen molar-refractivity contribution in [3.05, 3.63) is 54.1 Å². The number of hydrogen-bond donors (Lipinski definition) is 1. The molecule has 1 fully saturated rings. The maximum Gasteiger partial charge on any atom is 0.308 e. The summed E-state index contributed by atoms with van der Waals surface area (Å²) in [6.45, 7) is 5.37. The summed E-state index contributed by atoms with van der Waals surface area (Å²) >= 11 is 0. The fraction of sp³-hybridized carbons (Fsp3) is 0.552. The van der Waals surface area contributed by atoms with Crippen molar-refractivity contribution in [3.8, 4) is 16.9 Å². The lowest BCUT2D eigenvalue weighted by Crippen LogP contribution is -2.34. The van der Waals surface area contributed by atoms with E-state index in [1.165, 1.54) is 25.7 Å².